The minimum absolute atomic E-state index is 0.842. The topological polar surface area (TPSA) is 52.7 Å². The van der Waals surface area contributed by atoms with Crippen molar-refractivity contribution in [3.05, 3.63) is 30.0 Å². The molecule has 0 aliphatic rings. The Morgan fingerprint density at radius 3 is 2.82 bits per heavy atom. The van der Waals surface area contributed by atoms with E-state index in [9.17, 15) is 0 Å². The van der Waals surface area contributed by atoms with Crippen LogP contribution < -0.4 is 10.6 Å². The summed E-state index contributed by atoms with van der Waals surface area (Å²) < 4.78 is 0. The Labute approximate surface area is 102 Å². The maximum absolute atomic E-state index is 4.27. The summed E-state index contributed by atoms with van der Waals surface area (Å²) in [7, 11) is 0. The summed E-state index contributed by atoms with van der Waals surface area (Å²) in [5.41, 5.74) is 2.20. The number of para-hydroxylation sites is 1. The van der Waals surface area contributed by atoms with Crippen LogP contribution in [-0.2, 0) is 6.54 Å². The minimum atomic E-state index is 0.842. The third-order valence-corrected chi connectivity index (χ3v) is 2.75. The molecule has 4 nitrogen and oxygen atoms in total. The number of aromatic nitrogens is 2. The summed E-state index contributed by atoms with van der Waals surface area (Å²) >= 11 is 0. The standard InChI is InChI=1S/C13H20N4/c1-2-7-14-8-9-15-10-13-11-5-3-4-6-12(11)16-17-13/h3-6,14-15H,2,7-10H2,1H3,(H,16,17). The Kier molecular flexibility index (Phi) is 4.53. The highest BCUT2D eigenvalue weighted by atomic mass is 15.1. The first-order valence-corrected chi connectivity index (χ1v) is 6.25. The van der Waals surface area contributed by atoms with Gasteiger partial charge >= 0.3 is 0 Å². The molecule has 4 heteroatoms. The Balaban J connectivity index is 1.79. The van der Waals surface area contributed by atoms with E-state index in [0.29, 0.717) is 0 Å². The lowest BCUT2D eigenvalue weighted by Crippen LogP contribution is -2.27. The van der Waals surface area contributed by atoms with Crippen LogP contribution in [0.25, 0.3) is 10.9 Å². The van der Waals surface area contributed by atoms with Crippen molar-refractivity contribution >= 4 is 10.9 Å². The van der Waals surface area contributed by atoms with Crippen molar-refractivity contribution in [3.8, 4) is 0 Å². The first-order valence-electron chi connectivity index (χ1n) is 6.25. The zero-order valence-electron chi connectivity index (χ0n) is 10.3. The molecule has 1 aromatic carbocycles. The van der Waals surface area contributed by atoms with Crippen LogP contribution >= 0.6 is 0 Å². The van der Waals surface area contributed by atoms with Gasteiger partial charge in [-0.3, -0.25) is 5.10 Å². The molecule has 0 aliphatic carbocycles. The number of fused-ring (bicyclic) bond motifs is 1. The van der Waals surface area contributed by atoms with Gasteiger partial charge in [-0.2, -0.15) is 5.10 Å². The number of rotatable bonds is 7. The number of nitrogens with one attached hydrogen (secondary N) is 3. The molecule has 2 rings (SSSR count). The number of nitrogens with zero attached hydrogens (tertiary/aromatic N) is 1. The lowest BCUT2D eigenvalue weighted by atomic mass is 10.2. The lowest BCUT2D eigenvalue weighted by molar-refractivity contribution is 0.603. The van der Waals surface area contributed by atoms with Crippen LogP contribution in [0.5, 0.6) is 0 Å². The van der Waals surface area contributed by atoms with Gasteiger partial charge in [-0.25, -0.2) is 0 Å². The molecule has 17 heavy (non-hydrogen) atoms. The predicted octanol–water partition coefficient (Wildman–Crippen LogP) is 1.65. The van der Waals surface area contributed by atoms with E-state index in [1.807, 2.05) is 18.2 Å². The first-order chi connectivity index (χ1) is 8.42. The number of H-pyrrole nitrogens is 1. The lowest BCUT2D eigenvalue weighted by Gasteiger charge is -2.04. The smallest absolute Gasteiger partial charge is 0.0924 e. The van der Waals surface area contributed by atoms with Crippen LogP contribution in [0.2, 0.25) is 0 Å². The molecule has 0 fully saturated rings. The van der Waals surface area contributed by atoms with Gasteiger partial charge in [0.05, 0.1) is 11.2 Å². The van der Waals surface area contributed by atoms with Crippen molar-refractivity contribution in [2.45, 2.75) is 19.9 Å². The van der Waals surface area contributed by atoms with E-state index in [1.165, 1.54) is 11.8 Å². The van der Waals surface area contributed by atoms with E-state index < -0.39 is 0 Å². The van der Waals surface area contributed by atoms with Crippen LogP contribution in [0.15, 0.2) is 24.3 Å². The van der Waals surface area contributed by atoms with E-state index in [2.05, 4.69) is 33.8 Å². The van der Waals surface area contributed by atoms with Crippen LogP contribution in [0.1, 0.15) is 19.0 Å². The molecule has 0 saturated heterocycles. The molecule has 3 N–H and O–H groups in total. The molecular weight excluding hydrogens is 212 g/mol. The Morgan fingerprint density at radius 2 is 1.94 bits per heavy atom. The molecule has 1 aromatic heterocycles. The third-order valence-electron chi connectivity index (χ3n) is 2.75. The van der Waals surface area contributed by atoms with Crippen molar-refractivity contribution in [2.75, 3.05) is 19.6 Å². The van der Waals surface area contributed by atoms with Crippen LogP contribution in [0.4, 0.5) is 0 Å². The maximum atomic E-state index is 4.27. The molecule has 1 heterocycles. The van der Waals surface area contributed by atoms with Gasteiger partial charge in [0, 0.05) is 25.0 Å². The molecule has 0 saturated carbocycles. The Bertz CT molecular complexity index is 449. The molecule has 0 atom stereocenters. The van der Waals surface area contributed by atoms with Gasteiger partial charge in [-0.1, -0.05) is 25.1 Å². The second-order valence-electron chi connectivity index (χ2n) is 4.15. The number of aromatic amines is 1. The molecular formula is C13H20N4. The van der Waals surface area contributed by atoms with Crippen LogP contribution in [-0.4, -0.2) is 29.8 Å². The summed E-state index contributed by atoms with van der Waals surface area (Å²) in [6.45, 7) is 6.10. The monoisotopic (exact) mass is 232 g/mol. The first kappa shape index (κ1) is 12.1. The highest BCUT2D eigenvalue weighted by Crippen LogP contribution is 2.14. The van der Waals surface area contributed by atoms with Gasteiger partial charge in [0.1, 0.15) is 0 Å². The van der Waals surface area contributed by atoms with Gasteiger partial charge < -0.3 is 10.6 Å². The summed E-state index contributed by atoms with van der Waals surface area (Å²) in [5.74, 6) is 0. The number of benzene rings is 1. The minimum Gasteiger partial charge on any atom is -0.315 e. The van der Waals surface area contributed by atoms with Crippen molar-refractivity contribution in [1.82, 2.24) is 20.8 Å². The second kappa shape index (κ2) is 6.37. The van der Waals surface area contributed by atoms with Crippen molar-refractivity contribution in [3.63, 3.8) is 0 Å². The number of hydrogen-bond acceptors (Lipinski definition) is 3. The fourth-order valence-electron chi connectivity index (χ4n) is 1.84. The van der Waals surface area contributed by atoms with Crippen molar-refractivity contribution in [2.24, 2.45) is 0 Å². The highest BCUT2D eigenvalue weighted by molar-refractivity contribution is 5.80. The third kappa shape index (κ3) is 3.28. The SMILES string of the molecule is CCCNCCNCc1[nH]nc2ccccc12. The van der Waals surface area contributed by atoms with E-state index >= 15 is 0 Å². The quantitative estimate of drug-likeness (QED) is 0.636. The molecule has 92 valence electrons. The van der Waals surface area contributed by atoms with Gasteiger partial charge in [-0.15, -0.1) is 0 Å². The van der Waals surface area contributed by atoms with Crippen molar-refractivity contribution < 1.29 is 0 Å². The van der Waals surface area contributed by atoms with E-state index in [1.54, 1.807) is 0 Å². The molecule has 0 aliphatic heterocycles. The Hall–Kier alpha value is -1.39. The highest BCUT2D eigenvalue weighted by Gasteiger charge is 2.02. The zero-order chi connectivity index (χ0) is 11.9. The van der Waals surface area contributed by atoms with Crippen LogP contribution in [0.3, 0.4) is 0 Å². The van der Waals surface area contributed by atoms with E-state index in [4.69, 9.17) is 0 Å². The van der Waals surface area contributed by atoms with Gasteiger partial charge in [0.2, 0.25) is 0 Å². The summed E-state index contributed by atoms with van der Waals surface area (Å²) in [6, 6.07) is 8.18. The molecule has 0 radical (unpaired) electrons. The molecule has 2 aromatic rings. The normalized spacial score (nSPS) is 11.1. The fourth-order valence-corrected chi connectivity index (χ4v) is 1.84. The zero-order valence-corrected chi connectivity index (χ0v) is 10.3. The van der Waals surface area contributed by atoms with E-state index in [-0.39, 0.29) is 0 Å². The van der Waals surface area contributed by atoms with Crippen LogP contribution in [0, 0.1) is 0 Å². The molecule has 0 bridgehead atoms. The summed E-state index contributed by atoms with van der Waals surface area (Å²) in [4.78, 5) is 0. The molecule has 0 amide bonds. The summed E-state index contributed by atoms with van der Waals surface area (Å²) in [6.07, 6.45) is 1.19. The van der Waals surface area contributed by atoms with Gasteiger partial charge in [-0.05, 0) is 19.0 Å². The van der Waals surface area contributed by atoms with E-state index in [0.717, 1.165) is 37.4 Å². The average Bonchev–Trinajstić information content (AvgIpc) is 2.77. The van der Waals surface area contributed by atoms with Gasteiger partial charge in [0.25, 0.3) is 0 Å². The van der Waals surface area contributed by atoms with Crippen molar-refractivity contribution in [1.29, 1.82) is 0 Å². The largest absolute Gasteiger partial charge is 0.315 e. The maximum Gasteiger partial charge on any atom is 0.0924 e. The molecule has 0 spiro atoms. The predicted molar refractivity (Wildman–Crippen MR) is 71.0 cm³/mol. The van der Waals surface area contributed by atoms with Gasteiger partial charge in [0.15, 0.2) is 0 Å². The second-order valence-corrected chi connectivity index (χ2v) is 4.15. The number of hydrogen-bond donors (Lipinski definition) is 3. The fraction of sp³-hybridized carbons (Fsp3) is 0.462. The Morgan fingerprint density at radius 1 is 1.12 bits per heavy atom. The average molecular weight is 232 g/mol. The molecule has 0 unspecified atom stereocenters. The summed E-state index contributed by atoms with van der Waals surface area (Å²) in [5, 5.41) is 15.3.